The van der Waals surface area contributed by atoms with E-state index in [9.17, 15) is 0 Å². The van der Waals surface area contributed by atoms with Gasteiger partial charge in [-0.15, -0.1) is 0 Å². The van der Waals surface area contributed by atoms with Crippen LogP contribution < -0.4 is 0 Å². The molecule has 1 aromatic carbocycles. The summed E-state index contributed by atoms with van der Waals surface area (Å²) in [6.45, 7) is 0. The highest BCUT2D eigenvalue weighted by molar-refractivity contribution is 6.32. The highest BCUT2D eigenvalue weighted by atomic mass is 35.5. The van der Waals surface area contributed by atoms with Crippen LogP contribution in [0.2, 0.25) is 5.15 Å². The van der Waals surface area contributed by atoms with Gasteiger partial charge in [0.25, 0.3) is 0 Å². The largest absolute Gasteiger partial charge is 0.284 e. The summed E-state index contributed by atoms with van der Waals surface area (Å²) in [6, 6.07) is 15.6. The van der Waals surface area contributed by atoms with E-state index in [1.165, 1.54) is 0 Å². The number of imidazole rings is 1. The van der Waals surface area contributed by atoms with E-state index in [1.807, 2.05) is 59.1 Å². The van der Waals surface area contributed by atoms with Gasteiger partial charge in [-0.1, -0.05) is 48.0 Å². The molecule has 0 unspecified atom stereocenters. The lowest BCUT2D eigenvalue weighted by atomic mass is 10.2. The minimum atomic E-state index is 0.376. The zero-order chi connectivity index (χ0) is 13.5. The first kappa shape index (κ1) is 11.4. The minimum absolute atomic E-state index is 0.376. The number of fused-ring (bicyclic) bond motifs is 3. The van der Waals surface area contributed by atoms with Gasteiger partial charge in [-0.2, -0.15) is 0 Å². The van der Waals surface area contributed by atoms with E-state index < -0.39 is 0 Å². The Kier molecular flexibility index (Phi) is 2.44. The van der Waals surface area contributed by atoms with Crippen molar-refractivity contribution >= 4 is 17.2 Å². The summed E-state index contributed by atoms with van der Waals surface area (Å²) >= 11 is 6.21. The van der Waals surface area contributed by atoms with Gasteiger partial charge >= 0.3 is 0 Å². The first-order valence-electron chi connectivity index (χ1n) is 6.19. The van der Waals surface area contributed by atoms with Crippen LogP contribution in [0.5, 0.6) is 0 Å². The summed E-state index contributed by atoms with van der Waals surface area (Å²) in [5.41, 5.74) is 2.34. The van der Waals surface area contributed by atoms with E-state index in [1.54, 1.807) is 0 Å². The van der Waals surface area contributed by atoms with Crippen LogP contribution in [0.25, 0.3) is 28.6 Å². The summed E-state index contributed by atoms with van der Waals surface area (Å²) in [5.74, 6) is 1.38. The Labute approximate surface area is 120 Å². The smallest absolute Gasteiger partial charge is 0.170 e. The monoisotopic (exact) mass is 280 g/mol. The molecule has 2 aliphatic rings. The normalized spacial score (nSPS) is 11.2. The highest BCUT2D eigenvalue weighted by Crippen LogP contribution is 2.30. The maximum atomic E-state index is 6.21. The number of hydrogen-bond donors (Lipinski definition) is 0. The number of aromatic nitrogens is 4. The SMILES string of the molecule is Clc1nc2ccccn2c2nc(-c3ccccc3)nc1-2. The van der Waals surface area contributed by atoms with Gasteiger partial charge in [-0.3, -0.25) is 4.40 Å². The van der Waals surface area contributed by atoms with Crippen molar-refractivity contribution in [2.24, 2.45) is 0 Å². The number of benzene rings is 1. The zero-order valence-corrected chi connectivity index (χ0v) is 11.1. The van der Waals surface area contributed by atoms with Gasteiger partial charge in [-0.25, -0.2) is 15.0 Å². The summed E-state index contributed by atoms with van der Waals surface area (Å²) in [5, 5.41) is 0.376. The molecule has 96 valence electrons. The van der Waals surface area contributed by atoms with E-state index in [4.69, 9.17) is 11.6 Å². The molecular formula is C15H9ClN4. The Balaban J connectivity index is 2.06. The zero-order valence-electron chi connectivity index (χ0n) is 10.4. The van der Waals surface area contributed by atoms with E-state index in [2.05, 4.69) is 15.0 Å². The van der Waals surface area contributed by atoms with Crippen LogP contribution in [0, 0.1) is 0 Å². The first-order chi connectivity index (χ1) is 9.83. The summed E-state index contributed by atoms with van der Waals surface area (Å²) in [6.07, 6.45) is 1.91. The Morgan fingerprint density at radius 1 is 0.850 bits per heavy atom. The fourth-order valence-electron chi connectivity index (χ4n) is 2.21. The molecule has 0 saturated carbocycles. The Morgan fingerprint density at radius 3 is 2.50 bits per heavy atom. The molecule has 4 nitrogen and oxygen atoms in total. The molecule has 0 spiro atoms. The average molecular weight is 281 g/mol. The quantitative estimate of drug-likeness (QED) is 0.501. The van der Waals surface area contributed by atoms with Crippen molar-refractivity contribution in [3.63, 3.8) is 0 Å². The highest BCUT2D eigenvalue weighted by Gasteiger charge is 2.19. The van der Waals surface area contributed by atoms with Gasteiger partial charge < -0.3 is 0 Å². The maximum absolute atomic E-state index is 6.21. The molecule has 0 fully saturated rings. The lowest BCUT2D eigenvalue weighted by Gasteiger charge is -2.05. The van der Waals surface area contributed by atoms with Crippen LogP contribution in [0.1, 0.15) is 0 Å². The molecule has 0 N–H and O–H groups in total. The number of hydrogen-bond acceptors (Lipinski definition) is 3. The number of rotatable bonds is 1. The summed E-state index contributed by atoms with van der Waals surface area (Å²) < 4.78 is 1.89. The molecule has 5 heteroatoms. The third-order valence-electron chi connectivity index (χ3n) is 3.15. The lowest BCUT2D eigenvalue weighted by molar-refractivity contribution is 1.07. The van der Waals surface area contributed by atoms with Gasteiger partial charge in [0.1, 0.15) is 11.3 Å². The summed E-state index contributed by atoms with van der Waals surface area (Å²) in [4.78, 5) is 13.4. The molecule has 0 bridgehead atoms. The lowest BCUT2D eigenvalue weighted by Crippen LogP contribution is -1.98. The number of nitrogens with zero attached hydrogens (tertiary/aromatic N) is 4. The van der Waals surface area contributed by atoms with Crippen molar-refractivity contribution in [3.8, 4) is 22.9 Å². The molecule has 2 aliphatic heterocycles. The van der Waals surface area contributed by atoms with Gasteiger partial charge in [0, 0.05) is 11.8 Å². The number of pyridine rings is 1. The third-order valence-corrected chi connectivity index (χ3v) is 3.41. The van der Waals surface area contributed by atoms with Crippen LogP contribution in [0.15, 0.2) is 54.7 Å². The molecule has 0 saturated heterocycles. The Morgan fingerprint density at radius 2 is 1.65 bits per heavy atom. The molecular weight excluding hydrogens is 272 g/mol. The third kappa shape index (κ3) is 1.66. The number of halogens is 1. The molecule has 1 aromatic heterocycles. The molecule has 0 amide bonds. The van der Waals surface area contributed by atoms with Crippen LogP contribution >= 0.6 is 11.6 Å². The molecule has 0 aliphatic carbocycles. The van der Waals surface area contributed by atoms with Crippen molar-refractivity contribution in [1.29, 1.82) is 0 Å². The minimum Gasteiger partial charge on any atom is -0.284 e. The van der Waals surface area contributed by atoms with Crippen LogP contribution in [-0.2, 0) is 0 Å². The standard InChI is InChI=1S/C15H9ClN4/c16-13-12-15(20-9-5-4-8-11(20)17-13)19-14(18-12)10-6-2-1-3-7-10/h1-9H. The maximum Gasteiger partial charge on any atom is 0.170 e. The molecule has 0 radical (unpaired) electrons. The van der Waals surface area contributed by atoms with Gasteiger partial charge in [-0.05, 0) is 12.1 Å². The van der Waals surface area contributed by atoms with E-state index in [-0.39, 0.29) is 0 Å². The van der Waals surface area contributed by atoms with Crippen molar-refractivity contribution in [1.82, 2.24) is 19.4 Å². The topological polar surface area (TPSA) is 43.1 Å². The molecule has 3 heterocycles. The first-order valence-corrected chi connectivity index (χ1v) is 6.56. The van der Waals surface area contributed by atoms with Gasteiger partial charge in [0.15, 0.2) is 16.8 Å². The van der Waals surface area contributed by atoms with Crippen LogP contribution in [0.3, 0.4) is 0 Å². The fraction of sp³-hybridized carbons (Fsp3) is 0. The Bertz CT molecular complexity index is 870. The second-order valence-corrected chi connectivity index (χ2v) is 4.77. The van der Waals surface area contributed by atoms with Gasteiger partial charge in [0.05, 0.1) is 0 Å². The predicted molar refractivity (Wildman–Crippen MR) is 77.9 cm³/mol. The van der Waals surface area contributed by atoms with Crippen molar-refractivity contribution in [2.45, 2.75) is 0 Å². The van der Waals surface area contributed by atoms with E-state index in [0.717, 1.165) is 17.0 Å². The van der Waals surface area contributed by atoms with E-state index >= 15 is 0 Å². The predicted octanol–water partition coefficient (Wildman–Crippen LogP) is 3.55. The molecule has 2 aromatic rings. The molecule has 20 heavy (non-hydrogen) atoms. The van der Waals surface area contributed by atoms with E-state index in [0.29, 0.717) is 16.7 Å². The van der Waals surface area contributed by atoms with Crippen molar-refractivity contribution < 1.29 is 0 Å². The van der Waals surface area contributed by atoms with Crippen molar-refractivity contribution in [2.75, 3.05) is 0 Å². The molecule has 4 rings (SSSR count). The second kappa shape index (κ2) is 4.28. The van der Waals surface area contributed by atoms with Crippen molar-refractivity contribution in [3.05, 3.63) is 59.9 Å². The molecule has 0 atom stereocenters. The van der Waals surface area contributed by atoms with Crippen LogP contribution in [-0.4, -0.2) is 19.4 Å². The van der Waals surface area contributed by atoms with Crippen LogP contribution in [0.4, 0.5) is 0 Å². The summed E-state index contributed by atoms with van der Waals surface area (Å²) in [7, 11) is 0. The fourth-order valence-corrected chi connectivity index (χ4v) is 2.43. The second-order valence-electron chi connectivity index (χ2n) is 4.42. The Hall–Kier alpha value is -2.46. The average Bonchev–Trinajstić information content (AvgIpc) is 2.94. The van der Waals surface area contributed by atoms with Gasteiger partial charge in [0.2, 0.25) is 0 Å².